The van der Waals surface area contributed by atoms with Gasteiger partial charge in [0, 0.05) is 6.07 Å². The third-order valence-electron chi connectivity index (χ3n) is 2.24. The van der Waals surface area contributed by atoms with Crippen molar-refractivity contribution in [1.82, 2.24) is 0 Å². The monoisotopic (exact) mass is 228 g/mol. The highest BCUT2D eigenvalue weighted by Gasteiger charge is 1.98. The van der Waals surface area contributed by atoms with E-state index in [1.54, 1.807) is 12.1 Å². The first-order valence-corrected chi connectivity index (χ1v) is 5.20. The molecule has 0 amide bonds. The van der Waals surface area contributed by atoms with Crippen LogP contribution >= 0.6 is 0 Å². The highest BCUT2D eigenvalue weighted by molar-refractivity contribution is 5.67. The fraction of sp³-hybridized carbons (Fsp3) is 0.0714. The van der Waals surface area contributed by atoms with Crippen LogP contribution in [0.4, 0.5) is 0 Å². The molecular weight excluding hydrogens is 216 g/mol. The molecule has 0 N–H and O–H groups in total. The van der Waals surface area contributed by atoms with E-state index in [4.69, 9.17) is 9.15 Å². The maximum absolute atomic E-state index is 11.2. The standard InChI is InChI=1S/C14H12O3/c1-16-13-9-12(17-14(15)10-13)8-7-11-5-3-2-4-6-11/h2-10H,1H3/b8-7+. The summed E-state index contributed by atoms with van der Waals surface area (Å²) < 4.78 is 10.0. The zero-order valence-electron chi connectivity index (χ0n) is 9.42. The van der Waals surface area contributed by atoms with Crippen LogP contribution in [0.25, 0.3) is 12.2 Å². The summed E-state index contributed by atoms with van der Waals surface area (Å²) >= 11 is 0. The second-order valence-electron chi connectivity index (χ2n) is 3.46. The number of rotatable bonds is 3. The van der Waals surface area contributed by atoms with Gasteiger partial charge in [-0.1, -0.05) is 36.4 Å². The molecule has 0 aliphatic rings. The van der Waals surface area contributed by atoms with Crippen molar-refractivity contribution < 1.29 is 9.15 Å². The van der Waals surface area contributed by atoms with Crippen LogP contribution in [0.5, 0.6) is 5.75 Å². The van der Waals surface area contributed by atoms with E-state index in [2.05, 4.69) is 0 Å². The van der Waals surface area contributed by atoms with Gasteiger partial charge in [0.1, 0.15) is 11.5 Å². The van der Waals surface area contributed by atoms with Gasteiger partial charge >= 0.3 is 5.63 Å². The molecule has 0 aliphatic carbocycles. The van der Waals surface area contributed by atoms with Crippen LogP contribution in [0.1, 0.15) is 11.3 Å². The Kier molecular flexibility index (Phi) is 3.40. The lowest BCUT2D eigenvalue weighted by Gasteiger charge is -1.98. The molecule has 0 radical (unpaired) electrons. The molecule has 86 valence electrons. The molecule has 0 fully saturated rings. The van der Waals surface area contributed by atoms with Gasteiger partial charge in [0.05, 0.1) is 13.2 Å². The molecule has 2 rings (SSSR count). The van der Waals surface area contributed by atoms with Gasteiger partial charge in [-0.25, -0.2) is 4.79 Å². The molecule has 0 bridgehead atoms. The zero-order valence-corrected chi connectivity index (χ0v) is 9.42. The Morgan fingerprint density at radius 3 is 2.59 bits per heavy atom. The molecule has 2 aromatic rings. The maximum atomic E-state index is 11.2. The Balaban J connectivity index is 2.27. The zero-order chi connectivity index (χ0) is 12.1. The summed E-state index contributed by atoms with van der Waals surface area (Å²) in [7, 11) is 1.51. The fourth-order valence-corrected chi connectivity index (χ4v) is 1.42. The number of ether oxygens (including phenoxy) is 1. The number of methoxy groups -OCH3 is 1. The first-order valence-electron chi connectivity index (χ1n) is 5.20. The lowest BCUT2D eigenvalue weighted by Crippen LogP contribution is -1.98. The maximum Gasteiger partial charge on any atom is 0.339 e. The van der Waals surface area contributed by atoms with Gasteiger partial charge < -0.3 is 9.15 Å². The topological polar surface area (TPSA) is 39.4 Å². The van der Waals surface area contributed by atoms with Crippen LogP contribution in [0.3, 0.4) is 0 Å². The van der Waals surface area contributed by atoms with Crippen molar-refractivity contribution in [3.63, 3.8) is 0 Å². The van der Waals surface area contributed by atoms with Crippen molar-refractivity contribution >= 4 is 12.2 Å². The molecule has 1 aromatic carbocycles. The summed E-state index contributed by atoms with van der Waals surface area (Å²) in [6.07, 6.45) is 3.61. The minimum atomic E-state index is -0.419. The number of benzene rings is 1. The second-order valence-corrected chi connectivity index (χ2v) is 3.46. The molecule has 1 aromatic heterocycles. The van der Waals surface area contributed by atoms with Crippen molar-refractivity contribution in [2.24, 2.45) is 0 Å². The minimum Gasteiger partial charge on any atom is -0.496 e. The van der Waals surface area contributed by atoms with Gasteiger partial charge in [-0.05, 0) is 11.6 Å². The summed E-state index contributed by atoms with van der Waals surface area (Å²) in [5.41, 5.74) is 0.620. The molecule has 0 aliphatic heterocycles. The molecule has 0 unspecified atom stereocenters. The van der Waals surface area contributed by atoms with Gasteiger partial charge in [0.2, 0.25) is 0 Å². The normalized spacial score (nSPS) is 10.6. The molecule has 3 heteroatoms. The van der Waals surface area contributed by atoms with Crippen molar-refractivity contribution in [1.29, 1.82) is 0 Å². The molecule has 0 saturated heterocycles. The summed E-state index contributed by atoms with van der Waals surface area (Å²) in [6.45, 7) is 0. The fourth-order valence-electron chi connectivity index (χ4n) is 1.42. The molecule has 0 spiro atoms. The first-order chi connectivity index (χ1) is 8.28. The second kappa shape index (κ2) is 5.16. The molecule has 0 atom stereocenters. The lowest BCUT2D eigenvalue weighted by molar-refractivity contribution is 0.400. The summed E-state index contributed by atoms with van der Waals surface area (Å²) in [6, 6.07) is 12.7. The van der Waals surface area contributed by atoms with Gasteiger partial charge in [-0.2, -0.15) is 0 Å². The molecule has 1 heterocycles. The van der Waals surface area contributed by atoms with Crippen LogP contribution in [0, 0.1) is 0 Å². The van der Waals surface area contributed by atoms with Crippen LogP contribution in [0.15, 0.2) is 51.7 Å². The van der Waals surface area contributed by atoms with Crippen LogP contribution in [-0.2, 0) is 0 Å². The number of hydrogen-bond donors (Lipinski definition) is 0. The smallest absolute Gasteiger partial charge is 0.339 e. The molecule has 0 saturated carbocycles. The van der Waals surface area contributed by atoms with Crippen molar-refractivity contribution in [2.75, 3.05) is 7.11 Å². The average Bonchev–Trinajstić information content (AvgIpc) is 2.37. The summed E-state index contributed by atoms with van der Waals surface area (Å²) in [5, 5.41) is 0. The number of hydrogen-bond acceptors (Lipinski definition) is 3. The van der Waals surface area contributed by atoms with Crippen molar-refractivity contribution in [2.45, 2.75) is 0 Å². The molecule has 3 nitrogen and oxygen atoms in total. The Morgan fingerprint density at radius 1 is 1.12 bits per heavy atom. The Labute approximate surface area is 99.0 Å². The highest BCUT2D eigenvalue weighted by Crippen LogP contribution is 2.12. The third-order valence-corrected chi connectivity index (χ3v) is 2.24. The minimum absolute atomic E-state index is 0.419. The SMILES string of the molecule is COc1cc(/C=C/c2ccccc2)oc(=O)c1. The summed E-state index contributed by atoms with van der Waals surface area (Å²) in [5.74, 6) is 0.965. The Bertz CT molecular complexity index is 568. The van der Waals surface area contributed by atoms with Gasteiger partial charge in [0.25, 0.3) is 0 Å². The Morgan fingerprint density at radius 2 is 1.88 bits per heavy atom. The predicted octanol–water partition coefficient (Wildman–Crippen LogP) is 2.82. The van der Waals surface area contributed by atoms with E-state index in [9.17, 15) is 4.79 Å². The van der Waals surface area contributed by atoms with Crippen LogP contribution in [-0.4, -0.2) is 7.11 Å². The van der Waals surface area contributed by atoms with E-state index in [1.165, 1.54) is 13.2 Å². The van der Waals surface area contributed by atoms with E-state index in [0.29, 0.717) is 11.5 Å². The Hall–Kier alpha value is -2.29. The quantitative estimate of drug-likeness (QED) is 0.810. The third kappa shape index (κ3) is 3.08. The highest BCUT2D eigenvalue weighted by atomic mass is 16.5. The largest absolute Gasteiger partial charge is 0.496 e. The van der Waals surface area contributed by atoms with E-state index in [-0.39, 0.29) is 0 Å². The van der Waals surface area contributed by atoms with E-state index in [0.717, 1.165) is 5.56 Å². The summed E-state index contributed by atoms with van der Waals surface area (Å²) in [4.78, 5) is 11.2. The van der Waals surface area contributed by atoms with Crippen LogP contribution in [0.2, 0.25) is 0 Å². The van der Waals surface area contributed by atoms with Crippen molar-refractivity contribution in [3.05, 3.63) is 64.2 Å². The predicted molar refractivity (Wildman–Crippen MR) is 66.9 cm³/mol. The van der Waals surface area contributed by atoms with Gasteiger partial charge in [0.15, 0.2) is 0 Å². The van der Waals surface area contributed by atoms with Gasteiger partial charge in [-0.3, -0.25) is 0 Å². The van der Waals surface area contributed by atoms with E-state index >= 15 is 0 Å². The molecule has 17 heavy (non-hydrogen) atoms. The molecular formula is C14H12O3. The first kappa shape index (κ1) is 11.2. The van der Waals surface area contributed by atoms with Crippen molar-refractivity contribution in [3.8, 4) is 5.75 Å². The average molecular weight is 228 g/mol. The van der Waals surface area contributed by atoms with Crippen LogP contribution < -0.4 is 10.4 Å². The van der Waals surface area contributed by atoms with E-state index in [1.807, 2.05) is 36.4 Å². The lowest BCUT2D eigenvalue weighted by atomic mass is 10.2. The van der Waals surface area contributed by atoms with Gasteiger partial charge in [-0.15, -0.1) is 0 Å². The van der Waals surface area contributed by atoms with E-state index < -0.39 is 5.63 Å².